The van der Waals surface area contributed by atoms with E-state index in [1.54, 1.807) is 16.9 Å². The largest absolute Gasteiger partial charge is 0.493 e. The number of aryl methyl sites for hydroxylation is 4. The van der Waals surface area contributed by atoms with Gasteiger partial charge >= 0.3 is 5.91 Å². The summed E-state index contributed by atoms with van der Waals surface area (Å²) in [5, 5.41) is 5.40. The first-order chi connectivity index (χ1) is 16.6. The maximum atomic E-state index is 12.8. The number of carbonyl (C=O) groups is 1. The molecule has 8 heteroatoms. The molecule has 35 heavy (non-hydrogen) atoms. The fourth-order valence-corrected chi connectivity index (χ4v) is 4.80. The molecule has 0 atom stereocenters. The highest BCUT2D eigenvalue weighted by Gasteiger charge is 2.29. The Kier molecular flexibility index (Phi) is 5.54. The molecule has 1 aromatic carbocycles. The zero-order valence-electron chi connectivity index (χ0n) is 21.1. The summed E-state index contributed by atoms with van der Waals surface area (Å²) in [5.74, 6) is 1.60. The molecular weight excluding hydrogens is 442 g/mol. The molecule has 4 aromatic rings. The molecule has 0 aliphatic carbocycles. The summed E-state index contributed by atoms with van der Waals surface area (Å²) in [6, 6.07) is 7.89. The summed E-state index contributed by atoms with van der Waals surface area (Å²) in [7, 11) is 1.87. The van der Waals surface area contributed by atoms with Crippen molar-refractivity contribution in [3.8, 4) is 5.75 Å². The van der Waals surface area contributed by atoms with Gasteiger partial charge in [0.05, 0.1) is 24.2 Å². The topological polar surface area (TPSA) is 94.2 Å². The minimum absolute atomic E-state index is 0.0697. The fraction of sp³-hybridized carbons (Fsp3) is 0.370. The van der Waals surface area contributed by atoms with E-state index in [0.29, 0.717) is 12.1 Å². The van der Waals surface area contributed by atoms with Crippen molar-refractivity contribution in [1.29, 1.82) is 0 Å². The number of benzene rings is 1. The molecule has 0 bridgehead atoms. The second-order valence-electron chi connectivity index (χ2n) is 9.98. The second-order valence-corrected chi connectivity index (χ2v) is 9.98. The van der Waals surface area contributed by atoms with Crippen molar-refractivity contribution in [2.75, 3.05) is 12.0 Å². The highest BCUT2D eigenvalue weighted by molar-refractivity contribution is 5.93. The molecule has 3 aromatic heterocycles. The molecule has 1 aliphatic heterocycles. The summed E-state index contributed by atoms with van der Waals surface area (Å²) in [4.78, 5) is 17.2. The minimum Gasteiger partial charge on any atom is -0.493 e. The Morgan fingerprint density at radius 3 is 2.80 bits per heavy atom. The Labute approximate surface area is 204 Å². The highest BCUT2D eigenvalue weighted by atomic mass is 16.5. The van der Waals surface area contributed by atoms with Crippen molar-refractivity contribution in [3.05, 3.63) is 69.9 Å². The van der Waals surface area contributed by atoms with Gasteiger partial charge in [-0.15, -0.1) is 0 Å². The number of hydrazine groups is 1. The van der Waals surface area contributed by atoms with E-state index >= 15 is 0 Å². The van der Waals surface area contributed by atoms with Crippen molar-refractivity contribution in [3.63, 3.8) is 0 Å². The van der Waals surface area contributed by atoms with Gasteiger partial charge in [0.15, 0.2) is 11.4 Å². The van der Waals surface area contributed by atoms with E-state index in [2.05, 4.69) is 53.8 Å². The quantitative estimate of drug-likeness (QED) is 0.401. The number of carbonyl (C=O) groups excluding carboxylic acids is 1. The molecule has 0 unspecified atom stereocenters. The van der Waals surface area contributed by atoms with Gasteiger partial charge in [0.2, 0.25) is 0 Å². The van der Waals surface area contributed by atoms with Crippen LogP contribution in [-0.2, 0) is 18.9 Å². The van der Waals surface area contributed by atoms with Gasteiger partial charge in [-0.2, -0.15) is 5.10 Å². The lowest BCUT2D eigenvalue weighted by atomic mass is 9.78. The molecular formula is C27H31N5O3. The number of rotatable bonds is 5. The maximum absolute atomic E-state index is 12.8. The van der Waals surface area contributed by atoms with Gasteiger partial charge in [-0.25, -0.2) is 4.98 Å². The van der Waals surface area contributed by atoms with E-state index in [4.69, 9.17) is 9.15 Å². The van der Waals surface area contributed by atoms with Crippen LogP contribution in [0.2, 0.25) is 0 Å². The molecule has 4 heterocycles. The first-order valence-electron chi connectivity index (χ1n) is 11.8. The van der Waals surface area contributed by atoms with Crippen molar-refractivity contribution in [2.24, 2.45) is 7.05 Å². The Balaban J connectivity index is 1.30. The summed E-state index contributed by atoms with van der Waals surface area (Å²) in [6.45, 7) is 11.3. The number of hydrogen-bond acceptors (Lipinski definition) is 6. The van der Waals surface area contributed by atoms with Crippen LogP contribution in [0.3, 0.4) is 0 Å². The summed E-state index contributed by atoms with van der Waals surface area (Å²) in [6.07, 6.45) is 3.29. The molecule has 0 saturated heterocycles. The highest BCUT2D eigenvalue weighted by Crippen LogP contribution is 2.40. The third-order valence-corrected chi connectivity index (χ3v) is 7.00. The van der Waals surface area contributed by atoms with Gasteiger partial charge in [0.1, 0.15) is 11.5 Å². The van der Waals surface area contributed by atoms with Crippen LogP contribution in [0.25, 0.3) is 11.0 Å². The second kappa shape index (κ2) is 8.45. The predicted octanol–water partition coefficient (Wildman–Crippen LogP) is 4.89. The van der Waals surface area contributed by atoms with Crippen LogP contribution in [0.4, 0.5) is 5.69 Å². The van der Waals surface area contributed by atoms with Crippen LogP contribution in [0.15, 0.2) is 34.9 Å². The van der Waals surface area contributed by atoms with Crippen LogP contribution in [0, 0.1) is 20.8 Å². The van der Waals surface area contributed by atoms with E-state index in [9.17, 15) is 4.79 Å². The van der Waals surface area contributed by atoms with Gasteiger partial charge in [-0.05, 0) is 67.5 Å². The Hall–Kier alpha value is -3.81. The molecule has 0 fully saturated rings. The maximum Gasteiger partial charge on any atom is 0.305 e. The molecule has 1 aliphatic rings. The van der Waals surface area contributed by atoms with Gasteiger partial charge < -0.3 is 9.15 Å². The van der Waals surface area contributed by atoms with E-state index < -0.39 is 0 Å². The molecule has 1 amide bonds. The van der Waals surface area contributed by atoms with E-state index in [-0.39, 0.29) is 17.1 Å². The number of ether oxygens (including phenoxy) is 1. The number of fused-ring (bicyclic) bond motifs is 2. The lowest BCUT2D eigenvalue weighted by Crippen LogP contribution is -2.29. The average Bonchev–Trinajstić information content (AvgIpc) is 3.38. The predicted molar refractivity (Wildman–Crippen MR) is 135 cm³/mol. The lowest BCUT2D eigenvalue weighted by molar-refractivity contribution is 0.0933. The zero-order valence-corrected chi connectivity index (χ0v) is 21.1. The van der Waals surface area contributed by atoms with Crippen LogP contribution in [-0.4, -0.2) is 27.3 Å². The van der Waals surface area contributed by atoms with Gasteiger partial charge in [0.25, 0.3) is 0 Å². The number of pyridine rings is 1. The molecule has 8 nitrogen and oxygen atoms in total. The molecule has 182 valence electrons. The third-order valence-electron chi connectivity index (χ3n) is 7.00. The van der Waals surface area contributed by atoms with Crippen LogP contribution >= 0.6 is 0 Å². The monoisotopic (exact) mass is 473 g/mol. The number of furan rings is 1. The Morgan fingerprint density at radius 1 is 1.20 bits per heavy atom. The smallest absolute Gasteiger partial charge is 0.305 e. The first-order valence-corrected chi connectivity index (χ1v) is 11.8. The van der Waals surface area contributed by atoms with Gasteiger partial charge in [-0.3, -0.25) is 20.3 Å². The summed E-state index contributed by atoms with van der Waals surface area (Å²) < 4.78 is 13.5. The first kappa shape index (κ1) is 23.0. The molecule has 0 spiro atoms. The SMILES string of the molecule is Cc1cc2c(cc1Cc1ccc(C(=O)NNc3cnc4c(c(C)nn4C)c3C)o1)C(C)(C)CCO2. The van der Waals surface area contributed by atoms with E-state index in [1.165, 1.54) is 11.1 Å². The number of amides is 1. The Morgan fingerprint density at radius 2 is 2.00 bits per heavy atom. The summed E-state index contributed by atoms with van der Waals surface area (Å²) in [5.41, 5.74) is 12.7. The number of nitrogens with one attached hydrogen (secondary N) is 2. The number of aromatic nitrogens is 3. The lowest BCUT2D eigenvalue weighted by Gasteiger charge is -2.33. The van der Waals surface area contributed by atoms with Crippen molar-refractivity contribution >= 4 is 22.6 Å². The van der Waals surface area contributed by atoms with Gasteiger partial charge in [-0.1, -0.05) is 19.9 Å². The number of anilines is 1. The van der Waals surface area contributed by atoms with Crippen molar-refractivity contribution in [2.45, 2.75) is 52.9 Å². The molecule has 0 radical (unpaired) electrons. The average molecular weight is 474 g/mol. The molecule has 5 rings (SSSR count). The van der Waals surface area contributed by atoms with Crippen molar-refractivity contribution < 1.29 is 13.9 Å². The van der Waals surface area contributed by atoms with E-state index in [1.807, 2.05) is 27.0 Å². The molecule has 2 N–H and O–H groups in total. The standard InChI is InChI=1S/C27H31N5O3/c1-15-11-23-20(27(4,5)9-10-34-23)13-18(15)12-19-7-8-22(35-19)26(33)30-29-21-14-28-25-24(16(21)2)17(3)31-32(25)6/h7-8,11,13-14,29H,9-10,12H2,1-6H3,(H,30,33). The zero-order chi connectivity index (χ0) is 24.9. The van der Waals surface area contributed by atoms with Gasteiger partial charge in [0, 0.05) is 24.4 Å². The van der Waals surface area contributed by atoms with Crippen molar-refractivity contribution in [1.82, 2.24) is 20.2 Å². The summed E-state index contributed by atoms with van der Waals surface area (Å²) >= 11 is 0. The van der Waals surface area contributed by atoms with Crippen LogP contribution < -0.4 is 15.6 Å². The van der Waals surface area contributed by atoms with Crippen LogP contribution in [0.1, 0.15) is 64.5 Å². The minimum atomic E-state index is -0.352. The number of hydrogen-bond donors (Lipinski definition) is 2. The van der Waals surface area contributed by atoms with Crippen LogP contribution in [0.5, 0.6) is 5.75 Å². The normalized spacial score (nSPS) is 14.5. The Bertz CT molecular complexity index is 1450. The number of nitrogens with zero attached hydrogens (tertiary/aromatic N) is 3. The third kappa shape index (κ3) is 4.13. The van der Waals surface area contributed by atoms with E-state index in [0.717, 1.165) is 52.4 Å². The fourth-order valence-electron chi connectivity index (χ4n) is 4.80. The molecule has 0 saturated carbocycles.